The average molecular weight is 167 g/mol. The van der Waals surface area contributed by atoms with Crippen molar-refractivity contribution in [2.75, 3.05) is 5.73 Å². The van der Waals surface area contributed by atoms with E-state index in [2.05, 4.69) is 18.8 Å². The Hall–Kier alpha value is -0.990. The van der Waals surface area contributed by atoms with Crippen LogP contribution in [-0.2, 0) is 7.05 Å². The third-order valence-electron chi connectivity index (χ3n) is 2.47. The minimum atomic E-state index is 0.463. The molecule has 1 aromatic rings. The molecule has 0 aromatic carbocycles. The van der Waals surface area contributed by atoms with Gasteiger partial charge in [0.15, 0.2) is 0 Å². The summed E-state index contributed by atoms with van der Waals surface area (Å²) in [5.74, 6) is 2.26. The molecule has 1 heterocycles. The van der Waals surface area contributed by atoms with Gasteiger partial charge in [0.1, 0.15) is 11.6 Å². The summed E-state index contributed by atoms with van der Waals surface area (Å²) >= 11 is 0. The van der Waals surface area contributed by atoms with E-state index in [1.54, 1.807) is 0 Å². The van der Waals surface area contributed by atoms with Crippen LogP contribution in [0.15, 0.2) is 0 Å². The maximum atomic E-state index is 5.88. The number of aryl methyl sites for hydroxylation is 1. The zero-order chi connectivity index (χ0) is 9.30. The Labute approximate surface area is 73.6 Å². The quantitative estimate of drug-likeness (QED) is 0.730. The fourth-order valence-electron chi connectivity index (χ4n) is 1.21. The van der Waals surface area contributed by atoms with Crippen molar-refractivity contribution in [1.82, 2.24) is 9.55 Å². The normalized spacial score (nSPS) is 13.3. The van der Waals surface area contributed by atoms with E-state index in [9.17, 15) is 0 Å². The van der Waals surface area contributed by atoms with E-state index >= 15 is 0 Å². The molecule has 3 heteroatoms. The molecule has 0 spiro atoms. The van der Waals surface area contributed by atoms with E-state index in [0.29, 0.717) is 5.92 Å². The lowest BCUT2D eigenvalue weighted by Crippen LogP contribution is -2.01. The van der Waals surface area contributed by atoms with E-state index in [-0.39, 0.29) is 0 Å². The van der Waals surface area contributed by atoms with Crippen molar-refractivity contribution < 1.29 is 0 Å². The van der Waals surface area contributed by atoms with Gasteiger partial charge in [-0.3, -0.25) is 0 Å². The summed E-state index contributed by atoms with van der Waals surface area (Å²) in [4.78, 5) is 4.42. The maximum Gasteiger partial charge on any atom is 0.126 e. The number of anilines is 1. The largest absolute Gasteiger partial charge is 0.384 e. The van der Waals surface area contributed by atoms with E-state index in [1.807, 2.05) is 18.5 Å². The highest BCUT2D eigenvalue weighted by molar-refractivity contribution is 5.39. The van der Waals surface area contributed by atoms with Crippen LogP contribution in [0.5, 0.6) is 0 Å². The smallest absolute Gasteiger partial charge is 0.126 e. The molecular weight excluding hydrogens is 150 g/mol. The molecular formula is C9H17N3. The van der Waals surface area contributed by atoms with Crippen molar-refractivity contribution in [3.8, 4) is 0 Å². The third-order valence-corrected chi connectivity index (χ3v) is 2.47. The summed E-state index contributed by atoms with van der Waals surface area (Å²) in [5.41, 5.74) is 6.92. The fraction of sp³-hybridized carbons (Fsp3) is 0.667. The van der Waals surface area contributed by atoms with Crippen LogP contribution in [-0.4, -0.2) is 9.55 Å². The van der Waals surface area contributed by atoms with Crippen molar-refractivity contribution in [3.05, 3.63) is 11.5 Å². The third kappa shape index (κ3) is 1.31. The molecule has 2 N–H and O–H groups in total. The van der Waals surface area contributed by atoms with Crippen LogP contribution in [0.3, 0.4) is 0 Å². The molecule has 3 nitrogen and oxygen atoms in total. The number of hydrogen-bond donors (Lipinski definition) is 1. The highest BCUT2D eigenvalue weighted by Crippen LogP contribution is 2.23. The van der Waals surface area contributed by atoms with E-state index in [4.69, 9.17) is 5.73 Å². The zero-order valence-electron chi connectivity index (χ0n) is 8.26. The van der Waals surface area contributed by atoms with Crippen LogP contribution >= 0.6 is 0 Å². The van der Waals surface area contributed by atoms with Crippen LogP contribution in [0.1, 0.15) is 37.7 Å². The Bertz CT molecular complexity index is 276. The minimum absolute atomic E-state index is 0.463. The molecule has 12 heavy (non-hydrogen) atoms. The Morgan fingerprint density at radius 1 is 1.58 bits per heavy atom. The molecule has 1 rings (SSSR count). The molecule has 0 fully saturated rings. The molecule has 68 valence electrons. The van der Waals surface area contributed by atoms with E-state index in [1.165, 1.54) is 0 Å². The molecule has 0 aliphatic rings. The molecule has 0 saturated heterocycles. The first kappa shape index (κ1) is 9.10. The van der Waals surface area contributed by atoms with Gasteiger partial charge in [0.2, 0.25) is 0 Å². The predicted octanol–water partition coefficient (Wildman–Crippen LogP) is 1.82. The van der Waals surface area contributed by atoms with Gasteiger partial charge in [-0.1, -0.05) is 13.8 Å². The second-order valence-electron chi connectivity index (χ2n) is 3.30. The van der Waals surface area contributed by atoms with Gasteiger partial charge in [-0.25, -0.2) is 4.98 Å². The van der Waals surface area contributed by atoms with Crippen molar-refractivity contribution in [1.29, 1.82) is 0 Å². The first-order valence-electron chi connectivity index (χ1n) is 4.36. The zero-order valence-corrected chi connectivity index (χ0v) is 8.26. The number of nitrogen functional groups attached to an aromatic ring is 1. The van der Waals surface area contributed by atoms with Gasteiger partial charge in [-0.2, -0.15) is 0 Å². The molecule has 0 amide bonds. The van der Waals surface area contributed by atoms with Crippen molar-refractivity contribution in [2.45, 2.75) is 33.1 Å². The van der Waals surface area contributed by atoms with E-state index in [0.717, 1.165) is 23.8 Å². The van der Waals surface area contributed by atoms with Gasteiger partial charge < -0.3 is 10.3 Å². The molecule has 1 atom stereocenters. The van der Waals surface area contributed by atoms with Gasteiger partial charge in [-0.05, 0) is 13.3 Å². The Balaban J connectivity index is 3.08. The summed E-state index contributed by atoms with van der Waals surface area (Å²) in [7, 11) is 1.95. The van der Waals surface area contributed by atoms with Gasteiger partial charge in [0, 0.05) is 13.0 Å². The maximum absolute atomic E-state index is 5.88. The van der Waals surface area contributed by atoms with Crippen LogP contribution in [0.2, 0.25) is 0 Å². The first-order chi connectivity index (χ1) is 5.57. The minimum Gasteiger partial charge on any atom is -0.384 e. The summed E-state index contributed by atoms with van der Waals surface area (Å²) in [6.07, 6.45) is 1.08. The number of hydrogen-bond acceptors (Lipinski definition) is 2. The second kappa shape index (κ2) is 3.17. The molecule has 1 unspecified atom stereocenters. The van der Waals surface area contributed by atoms with Crippen LogP contribution in [0.25, 0.3) is 0 Å². The van der Waals surface area contributed by atoms with Gasteiger partial charge in [-0.15, -0.1) is 0 Å². The van der Waals surface area contributed by atoms with Crippen molar-refractivity contribution >= 4 is 5.82 Å². The lowest BCUT2D eigenvalue weighted by atomic mass is 10.1. The predicted molar refractivity (Wildman–Crippen MR) is 51.1 cm³/mol. The monoisotopic (exact) mass is 167 g/mol. The number of nitrogens with two attached hydrogens (primary N) is 1. The van der Waals surface area contributed by atoms with Crippen LogP contribution in [0, 0.1) is 6.92 Å². The lowest BCUT2D eigenvalue weighted by molar-refractivity contribution is 0.713. The Kier molecular flexibility index (Phi) is 2.40. The number of imidazole rings is 1. The lowest BCUT2D eigenvalue weighted by Gasteiger charge is -2.05. The van der Waals surface area contributed by atoms with Crippen molar-refractivity contribution in [3.63, 3.8) is 0 Å². The Morgan fingerprint density at radius 3 is 2.50 bits per heavy atom. The average Bonchev–Trinajstić information content (AvgIpc) is 2.32. The summed E-state index contributed by atoms with van der Waals surface area (Å²) < 4.78 is 1.93. The van der Waals surface area contributed by atoms with Crippen LogP contribution in [0.4, 0.5) is 5.82 Å². The van der Waals surface area contributed by atoms with Gasteiger partial charge >= 0.3 is 0 Å². The number of nitrogens with zero attached hydrogens (tertiary/aromatic N) is 2. The van der Waals surface area contributed by atoms with Gasteiger partial charge in [0.05, 0.1) is 5.69 Å². The topological polar surface area (TPSA) is 43.8 Å². The molecule has 1 aromatic heterocycles. The molecule has 0 aliphatic heterocycles. The molecule has 0 radical (unpaired) electrons. The van der Waals surface area contributed by atoms with Gasteiger partial charge in [0.25, 0.3) is 0 Å². The van der Waals surface area contributed by atoms with E-state index < -0.39 is 0 Å². The first-order valence-corrected chi connectivity index (χ1v) is 4.36. The number of aromatic nitrogens is 2. The highest BCUT2D eigenvalue weighted by Gasteiger charge is 2.13. The molecule has 0 aliphatic carbocycles. The molecule has 0 bridgehead atoms. The Morgan fingerprint density at radius 2 is 2.17 bits per heavy atom. The summed E-state index contributed by atoms with van der Waals surface area (Å²) in [5, 5.41) is 0. The van der Waals surface area contributed by atoms with Crippen LogP contribution < -0.4 is 5.73 Å². The summed E-state index contributed by atoms with van der Waals surface area (Å²) in [6, 6.07) is 0. The standard InChI is InChI=1S/C9H17N3/c1-5-6(2)8-9(10)12(4)7(3)11-8/h6H,5,10H2,1-4H3. The highest BCUT2D eigenvalue weighted by atomic mass is 15.1. The molecule has 0 saturated carbocycles. The summed E-state index contributed by atoms with van der Waals surface area (Å²) in [6.45, 7) is 6.27. The SMILES string of the molecule is CCC(C)c1nc(C)n(C)c1N. The second-order valence-corrected chi connectivity index (χ2v) is 3.30. The fourth-order valence-corrected chi connectivity index (χ4v) is 1.21. The van der Waals surface area contributed by atoms with Crippen molar-refractivity contribution in [2.24, 2.45) is 7.05 Å². The number of rotatable bonds is 2.